The van der Waals surface area contributed by atoms with Gasteiger partial charge in [0.05, 0.1) is 0 Å². The Kier molecular flexibility index (Phi) is 8.05. The third-order valence-corrected chi connectivity index (χ3v) is 1.60. The summed E-state index contributed by atoms with van der Waals surface area (Å²) in [6.07, 6.45) is 0. The molecule has 0 spiro atoms. The van der Waals surface area contributed by atoms with Gasteiger partial charge in [-0.1, -0.05) is 17.7 Å². The van der Waals surface area contributed by atoms with Crippen LogP contribution in [0.3, 0.4) is 0 Å². The summed E-state index contributed by atoms with van der Waals surface area (Å²) in [5, 5.41) is 3.05. The van der Waals surface area contributed by atoms with Crippen molar-refractivity contribution in [2.24, 2.45) is 0 Å². The van der Waals surface area contributed by atoms with Gasteiger partial charge < -0.3 is 10.1 Å². The van der Waals surface area contributed by atoms with Crippen LogP contribution in [-0.4, -0.2) is 26.8 Å². The maximum absolute atomic E-state index is 10.9. The second kappa shape index (κ2) is 8.99. The molecule has 0 saturated carbocycles. The molecule has 0 atom stereocenters. The van der Waals surface area contributed by atoms with Crippen molar-refractivity contribution >= 4 is 12.2 Å². The van der Waals surface area contributed by atoms with Gasteiger partial charge in [-0.3, -0.25) is 4.79 Å². The van der Waals surface area contributed by atoms with Gasteiger partial charge in [-0.15, -0.1) is 0 Å². The average molecular weight is 213 g/mol. The summed E-state index contributed by atoms with van der Waals surface area (Å²) in [5.41, 5.74) is 2.47. The van der Waals surface area contributed by atoms with Gasteiger partial charge in [0.25, 0.3) is 6.47 Å². The standard InChI is InChI=1S/C8H11N.C3H5FO2/c1-7-3-5-8(9-2)6-4-7;4-1-2-6-3-5/h3-6,9H,1-2H3;3H,1-2H2. The van der Waals surface area contributed by atoms with Crippen LogP contribution in [0.15, 0.2) is 24.3 Å². The van der Waals surface area contributed by atoms with Crippen LogP contribution < -0.4 is 5.32 Å². The zero-order valence-electron chi connectivity index (χ0n) is 9.00. The monoisotopic (exact) mass is 213 g/mol. The van der Waals surface area contributed by atoms with E-state index in [4.69, 9.17) is 0 Å². The third kappa shape index (κ3) is 7.49. The summed E-state index contributed by atoms with van der Waals surface area (Å²) in [6, 6.07) is 8.31. The average Bonchev–Trinajstić information content (AvgIpc) is 2.28. The predicted octanol–water partition coefficient (Wildman–Crippen LogP) is 2.17. The molecule has 0 radical (unpaired) electrons. The Morgan fingerprint density at radius 2 is 2.00 bits per heavy atom. The van der Waals surface area contributed by atoms with Gasteiger partial charge in [-0.25, -0.2) is 4.39 Å². The molecule has 0 unspecified atom stereocenters. The minimum Gasteiger partial charge on any atom is -0.465 e. The number of rotatable bonds is 4. The Balaban J connectivity index is 0.000000288. The maximum Gasteiger partial charge on any atom is 0.293 e. The van der Waals surface area contributed by atoms with E-state index in [2.05, 4.69) is 41.2 Å². The van der Waals surface area contributed by atoms with Crippen molar-refractivity contribution < 1.29 is 13.9 Å². The molecular formula is C11H16FNO2. The van der Waals surface area contributed by atoms with Crippen LogP contribution in [0.2, 0.25) is 0 Å². The topological polar surface area (TPSA) is 38.3 Å². The van der Waals surface area contributed by atoms with E-state index in [0.717, 1.165) is 0 Å². The largest absolute Gasteiger partial charge is 0.465 e. The van der Waals surface area contributed by atoms with Gasteiger partial charge in [-0.05, 0) is 19.1 Å². The lowest BCUT2D eigenvalue weighted by Crippen LogP contribution is -1.90. The van der Waals surface area contributed by atoms with E-state index in [-0.39, 0.29) is 13.1 Å². The van der Waals surface area contributed by atoms with Crippen LogP contribution in [0.1, 0.15) is 5.56 Å². The second-order valence-corrected chi connectivity index (χ2v) is 2.77. The van der Waals surface area contributed by atoms with Gasteiger partial charge in [-0.2, -0.15) is 0 Å². The Bertz CT molecular complexity index is 262. The van der Waals surface area contributed by atoms with Crippen LogP contribution in [-0.2, 0) is 9.53 Å². The minimum absolute atomic E-state index is 0.122. The van der Waals surface area contributed by atoms with E-state index < -0.39 is 6.67 Å². The Labute approximate surface area is 89.3 Å². The normalized spacial score (nSPS) is 8.47. The van der Waals surface area contributed by atoms with E-state index in [1.165, 1.54) is 11.3 Å². The summed E-state index contributed by atoms with van der Waals surface area (Å²) in [7, 11) is 1.92. The molecule has 0 aliphatic carbocycles. The van der Waals surface area contributed by atoms with Crippen molar-refractivity contribution in [3.8, 4) is 0 Å². The summed E-state index contributed by atoms with van der Waals surface area (Å²) >= 11 is 0. The molecule has 0 aromatic heterocycles. The molecule has 3 nitrogen and oxygen atoms in total. The molecule has 0 aliphatic heterocycles. The van der Waals surface area contributed by atoms with Gasteiger partial charge in [0.1, 0.15) is 13.3 Å². The Morgan fingerprint density at radius 1 is 1.40 bits per heavy atom. The lowest BCUT2D eigenvalue weighted by molar-refractivity contribution is -0.129. The summed E-state index contributed by atoms with van der Waals surface area (Å²) in [4.78, 5) is 9.17. The molecule has 0 heterocycles. The first-order chi connectivity index (χ1) is 7.24. The number of hydrogen-bond acceptors (Lipinski definition) is 3. The van der Waals surface area contributed by atoms with Crippen molar-refractivity contribution in [1.29, 1.82) is 0 Å². The molecule has 1 aromatic carbocycles. The van der Waals surface area contributed by atoms with Crippen molar-refractivity contribution in [2.45, 2.75) is 6.92 Å². The molecule has 0 aliphatic rings. The highest BCUT2D eigenvalue weighted by atomic mass is 19.1. The van der Waals surface area contributed by atoms with Crippen molar-refractivity contribution in [1.82, 2.24) is 0 Å². The molecule has 1 aromatic rings. The molecule has 1 N–H and O–H groups in total. The first-order valence-corrected chi connectivity index (χ1v) is 4.60. The fraction of sp³-hybridized carbons (Fsp3) is 0.364. The quantitative estimate of drug-likeness (QED) is 0.615. The third-order valence-electron chi connectivity index (χ3n) is 1.60. The van der Waals surface area contributed by atoms with Crippen molar-refractivity contribution in [3.63, 3.8) is 0 Å². The number of ether oxygens (including phenoxy) is 1. The van der Waals surface area contributed by atoms with Gasteiger partial charge >= 0.3 is 0 Å². The molecule has 84 valence electrons. The number of carbonyl (C=O) groups is 1. The number of hydrogen-bond donors (Lipinski definition) is 1. The summed E-state index contributed by atoms with van der Waals surface area (Å²) in [6.45, 7) is 1.58. The van der Waals surface area contributed by atoms with Gasteiger partial charge in [0, 0.05) is 12.7 Å². The van der Waals surface area contributed by atoms with Crippen molar-refractivity contribution in [2.75, 3.05) is 25.6 Å². The van der Waals surface area contributed by atoms with E-state index in [1.54, 1.807) is 0 Å². The van der Waals surface area contributed by atoms with E-state index in [0.29, 0.717) is 0 Å². The van der Waals surface area contributed by atoms with Crippen molar-refractivity contribution in [3.05, 3.63) is 29.8 Å². The molecule has 4 heteroatoms. The van der Waals surface area contributed by atoms with Crippen LogP contribution >= 0.6 is 0 Å². The number of benzene rings is 1. The number of halogens is 1. The van der Waals surface area contributed by atoms with Gasteiger partial charge in [0.2, 0.25) is 0 Å². The highest BCUT2D eigenvalue weighted by molar-refractivity contribution is 5.43. The van der Waals surface area contributed by atoms with Crippen LogP contribution in [0.4, 0.5) is 10.1 Å². The van der Waals surface area contributed by atoms with E-state index >= 15 is 0 Å². The predicted molar refractivity (Wildman–Crippen MR) is 58.7 cm³/mol. The van der Waals surface area contributed by atoms with E-state index in [1.807, 2.05) is 7.05 Å². The maximum atomic E-state index is 10.9. The lowest BCUT2D eigenvalue weighted by Gasteiger charge is -1.97. The molecule has 0 amide bonds. The molecular weight excluding hydrogens is 197 g/mol. The van der Waals surface area contributed by atoms with Crippen LogP contribution in [0.25, 0.3) is 0 Å². The fourth-order valence-corrected chi connectivity index (χ4v) is 0.813. The Hall–Kier alpha value is -1.58. The highest BCUT2D eigenvalue weighted by Crippen LogP contribution is 2.06. The molecule has 15 heavy (non-hydrogen) atoms. The number of alkyl halides is 1. The first kappa shape index (κ1) is 13.4. The SMILES string of the molecule is CNc1ccc(C)cc1.O=COCCF. The molecule has 1 rings (SSSR count). The number of aryl methyl sites for hydroxylation is 1. The zero-order valence-corrected chi connectivity index (χ0v) is 9.00. The van der Waals surface area contributed by atoms with Crippen LogP contribution in [0.5, 0.6) is 0 Å². The Morgan fingerprint density at radius 3 is 2.33 bits per heavy atom. The zero-order chi connectivity index (χ0) is 11.5. The minimum atomic E-state index is -0.598. The summed E-state index contributed by atoms with van der Waals surface area (Å²) in [5.74, 6) is 0. The summed E-state index contributed by atoms with van der Waals surface area (Å²) < 4.78 is 14.8. The van der Waals surface area contributed by atoms with Gasteiger partial charge in [0.15, 0.2) is 0 Å². The lowest BCUT2D eigenvalue weighted by atomic mass is 10.2. The molecule has 0 fully saturated rings. The second-order valence-electron chi connectivity index (χ2n) is 2.77. The highest BCUT2D eigenvalue weighted by Gasteiger charge is 1.83. The number of anilines is 1. The number of carbonyl (C=O) groups excluding carboxylic acids is 1. The molecule has 0 bridgehead atoms. The number of nitrogens with one attached hydrogen (secondary N) is 1. The first-order valence-electron chi connectivity index (χ1n) is 4.60. The smallest absolute Gasteiger partial charge is 0.293 e. The van der Waals surface area contributed by atoms with Crippen LogP contribution in [0, 0.1) is 6.92 Å². The molecule has 0 saturated heterocycles. The fourth-order valence-electron chi connectivity index (χ4n) is 0.813. The van der Waals surface area contributed by atoms with E-state index in [9.17, 15) is 9.18 Å².